The number of carboxylic acids is 1. The van der Waals surface area contributed by atoms with Crippen molar-refractivity contribution in [1.29, 1.82) is 0 Å². The van der Waals surface area contributed by atoms with Crippen molar-refractivity contribution in [2.45, 2.75) is 6.61 Å². The second kappa shape index (κ2) is 8.31. The highest BCUT2D eigenvalue weighted by Crippen LogP contribution is 2.27. The predicted octanol–water partition coefficient (Wildman–Crippen LogP) is 2.34. The molecule has 0 bridgehead atoms. The molecule has 0 aliphatic heterocycles. The molecule has 1 heterocycles. The fraction of sp³-hybridized carbons (Fsp3) is 0.105. The van der Waals surface area contributed by atoms with E-state index in [0.29, 0.717) is 22.6 Å². The molecule has 0 amide bonds. The van der Waals surface area contributed by atoms with E-state index in [-0.39, 0.29) is 18.1 Å². The number of aromatic amines is 1. The van der Waals surface area contributed by atoms with E-state index < -0.39 is 27.9 Å². The third-order valence-corrected chi connectivity index (χ3v) is 4.07. The summed E-state index contributed by atoms with van der Waals surface area (Å²) in [4.78, 5) is 39.5. The van der Waals surface area contributed by atoms with E-state index in [4.69, 9.17) is 14.6 Å². The molecule has 30 heavy (non-hydrogen) atoms. The molecule has 154 valence electrons. The van der Waals surface area contributed by atoms with Crippen LogP contribution in [0.25, 0.3) is 11.4 Å². The molecule has 11 nitrogen and oxygen atoms in total. The number of carboxylic acid groups (broad SMARTS) is 1. The number of carbonyl (C=O) groups is 1. The van der Waals surface area contributed by atoms with Crippen molar-refractivity contribution < 1.29 is 29.4 Å². The van der Waals surface area contributed by atoms with Crippen molar-refractivity contribution in [2.75, 3.05) is 7.11 Å². The fourth-order valence-corrected chi connectivity index (χ4v) is 2.64. The number of nitro benzene ring substituents is 1. The zero-order valence-corrected chi connectivity index (χ0v) is 15.5. The van der Waals surface area contributed by atoms with Crippen LogP contribution in [0.15, 0.2) is 47.3 Å². The smallest absolute Gasteiger partial charge is 0.358 e. The molecule has 3 N–H and O–H groups in total. The molecule has 0 aliphatic rings. The maximum absolute atomic E-state index is 11.8. The summed E-state index contributed by atoms with van der Waals surface area (Å²) >= 11 is 0. The highest BCUT2D eigenvalue weighted by atomic mass is 16.6. The predicted molar refractivity (Wildman–Crippen MR) is 103 cm³/mol. The number of rotatable bonds is 7. The minimum absolute atomic E-state index is 0.0474. The molecule has 0 aliphatic carbocycles. The first-order valence-electron chi connectivity index (χ1n) is 8.41. The Balaban J connectivity index is 1.89. The highest BCUT2D eigenvalue weighted by molar-refractivity contribution is 5.88. The molecule has 3 aromatic rings. The topological polar surface area (TPSA) is 165 Å². The number of aromatic hydroxyl groups is 1. The summed E-state index contributed by atoms with van der Waals surface area (Å²) in [6.07, 6.45) is 0. The van der Waals surface area contributed by atoms with Crippen LogP contribution in [0, 0.1) is 10.1 Å². The van der Waals surface area contributed by atoms with Gasteiger partial charge in [0.2, 0.25) is 5.75 Å². The van der Waals surface area contributed by atoms with Crippen LogP contribution in [0.1, 0.15) is 16.1 Å². The summed E-state index contributed by atoms with van der Waals surface area (Å²) < 4.78 is 10.9. The lowest BCUT2D eigenvalue weighted by Gasteiger charge is -2.11. The van der Waals surface area contributed by atoms with Gasteiger partial charge in [0.1, 0.15) is 23.9 Å². The van der Waals surface area contributed by atoms with E-state index in [2.05, 4.69) is 9.97 Å². The van der Waals surface area contributed by atoms with Gasteiger partial charge < -0.3 is 24.7 Å². The molecular weight excluding hydrogens is 398 g/mol. The Kier molecular flexibility index (Phi) is 5.63. The lowest BCUT2D eigenvalue weighted by molar-refractivity contribution is -0.385. The first-order chi connectivity index (χ1) is 14.3. The molecule has 0 spiro atoms. The molecule has 11 heteroatoms. The van der Waals surface area contributed by atoms with Gasteiger partial charge in [0, 0.05) is 23.3 Å². The quantitative estimate of drug-likeness (QED) is 0.389. The first kappa shape index (κ1) is 20.3. The SMILES string of the molecule is COc1ccc([N+](=O)[O-])cc1COc1cccc(-c2nc(C(=O)O)c(O)c(=O)[nH]2)c1. The summed E-state index contributed by atoms with van der Waals surface area (Å²) in [5, 5.41) is 29.6. The van der Waals surface area contributed by atoms with Crippen molar-refractivity contribution in [3.63, 3.8) is 0 Å². The number of H-pyrrole nitrogens is 1. The number of hydrogen-bond acceptors (Lipinski definition) is 8. The van der Waals surface area contributed by atoms with E-state index in [1.165, 1.54) is 31.4 Å². The molecule has 3 rings (SSSR count). The van der Waals surface area contributed by atoms with Crippen LogP contribution >= 0.6 is 0 Å². The van der Waals surface area contributed by atoms with Crippen molar-refractivity contribution in [3.05, 3.63) is 74.2 Å². The standard InChI is InChI=1S/C19H15N3O8/c1-29-14-6-5-12(22(27)28)7-11(14)9-30-13-4-2-3-10(8-13)17-20-15(19(25)26)16(23)18(24)21-17/h2-8,23H,9H2,1H3,(H,25,26)(H,20,21,24). The van der Waals surface area contributed by atoms with E-state index in [9.17, 15) is 24.8 Å². The van der Waals surface area contributed by atoms with Crippen molar-refractivity contribution >= 4 is 11.7 Å². The van der Waals surface area contributed by atoms with E-state index in [1.54, 1.807) is 18.2 Å². The number of nitro groups is 1. The van der Waals surface area contributed by atoms with Crippen LogP contribution in [0.2, 0.25) is 0 Å². The number of hydrogen-bond donors (Lipinski definition) is 3. The normalized spacial score (nSPS) is 10.4. The van der Waals surface area contributed by atoms with Gasteiger partial charge >= 0.3 is 5.97 Å². The minimum atomic E-state index is -1.55. The van der Waals surface area contributed by atoms with Crippen LogP contribution in [-0.4, -0.2) is 38.2 Å². The Morgan fingerprint density at radius 1 is 1.27 bits per heavy atom. The zero-order chi connectivity index (χ0) is 21.8. The molecule has 0 saturated heterocycles. The maximum atomic E-state index is 11.8. The number of nitrogens with zero attached hydrogens (tertiary/aromatic N) is 2. The minimum Gasteiger partial charge on any atom is -0.501 e. The second-order valence-electron chi connectivity index (χ2n) is 5.99. The Labute approximate surface area is 168 Å². The number of methoxy groups -OCH3 is 1. The van der Waals surface area contributed by atoms with E-state index in [0.717, 1.165) is 0 Å². The third-order valence-electron chi connectivity index (χ3n) is 4.07. The Hall–Kier alpha value is -4.41. The third kappa shape index (κ3) is 4.19. The molecular formula is C19H15N3O8. The van der Waals surface area contributed by atoms with Crippen molar-refractivity contribution in [1.82, 2.24) is 9.97 Å². The number of aromatic carboxylic acids is 1. The van der Waals surface area contributed by atoms with Gasteiger partial charge in [-0.25, -0.2) is 9.78 Å². The average Bonchev–Trinajstić information content (AvgIpc) is 2.73. The van der Waals surface area contributed by atoms with Gasteiger partial charge in [0.15, 0.2) is 5.69 Å². The van der Waals surface area contributed by atoms with Crippen LogP contribution in [0.3, 0.4) is 0 Å². The summed E-state index contributed by atoms with van der Waals surface area (Å²) in [6.45, 7) is -0.0474. The highest BCUT2D eigenvalue weighted by Gasteiger charge is 2.18. The molecule has 1 aromatic heterocycles. The van der Waals surface area contributed by atoms with Crippen LogP contribution in [-0.2, 0) is 6.61 Å². The van der Waals surface area contributed by atoms with Gasteiger partial charge in [-0.3, -0.25) is 14.9 Å². The molecule has 0 unspecified atom stereocenters. The lowest BCUT2D eigenvalue weighted by atomic mass is 10.1. The first-order valence-corrected chi connectivity index (χ1v) is 8.41. The van der Waals surface area contributed by atoms with Gasteiger partial charge in [0.05, 0.1) is 12.0 Å². The van der Waals surface area contributed by atoms with Crippen LogP contribution in [0.4, 0.5) is 5.69 Å². The molecule has 0 fully saturated rings. The molecule has 2 aromatic carbocycles. The number of aromatic nitrogens is 2. The summed E-state index contributed by atoms with van der Waals surface area (Å²) in [5.74, 6) is -1.88. The van der Waals surface area contributed by atoms with Crippen molar-refractivity contribution in [2.24, 2.45) is 0 Å². The Bertz CT molecular complexity index is 1190. The summed E-state index contributed by atoms with van der Waals surface area (Å²) in [6, 6.07) is 10.3. The van der Waals surface area contributed by atoms with Gasteiger partial charge in [-0.2, -0.15) is 0 Å². The summed E-state index contributed by atoms with van der Waals surface area (Å²) in [7, 11) is 1.43. The Morgan fingerprint density at radius 3 is 2.70 bits per heavy atom. The number of ether oxygens (including phenoxy) is 2. The van der Waals surface area contributed by atoms with Crippen molar-refractivity contribution in [3.8, 4) is 28.6 Å². The fourth-order valence-electron chi connectivity index (χ4n) is 2.64. The maximum Gasteiger partial charge on any atom is 0.358 e. The lowest BCUT2D eigenvalue weighted by Crippen LogP contribution is -2.15. The van der Waals surface area contributed by atoms with Gasteiger partial charge in [0.25, 0.3) is 11.2 Å². The van der Waals surface area contributed by atoms with E-state index >= 15 is 0 Å². The van der Waals surface area contributed by atoms with E-state index in [1.807, 2.05) is 0 Å². The number of benzene rings is 2. The summed E-state index contributed by atoms with van der Waals surface area (Å²) in [5.41, 5.74) is -1.11. The van der Waals surface area contributed by atoms with Gasteiger partial charge in [-0.05, 0) is 18.2 Å². The number of non-ortho nitro benzene ring substituents is 1. The monoisotopic (exact) mass is 413 g/mol. The van der Waals surface area contributed by atoms with Gasteiger partial charge in [-0.15, -0.1) is 0 Å². The second-order valence-corrected chi connectivity index (χ2v) is 5.99. The Morgan fingerprint density at radius 2 is 2.03 bits per heavy atom. The van der Waals surface area contributed by atoms with Crippen LogP contribution in [0.5, 0.6) is 17.2 Å². The number of nitrogens with one attached hydrogen (secondary N) is 1. The van der Waals surface area contributed by atoms with Gasteiger partial charge in [-0.1, -0.05) is 12.1 Å². The average molecular weight is 413 g/mol. The molecule has 0 atom stereocenters. The zero-order valence-electron chi connectivity index (χ0n) is 15.5. The molecule has 0 radical (unpaired) electrons. The largest absolute Gasteiger partial charge is 0.501 e. The molecule has 0 saturated carbocycles. The van der Waals surface area contributed by atoms with Crippen LogP contribution < -0.4 is 15.0 Å².